The first kappa shape index (κ1) is 30.7. The Balaban J connectivity index is 0.992. The van der Waals surface area contributed by atoms with Crippen molar-refractivity contribution in [3.8, 4) is 11.1 Å². The average Bonchev–Trinajstić information content (AvgIpc) is 3.93. The van der Waals surface area contributed by atoms with E-state index in [-0.39, 0.29) is 0 Å². The van der Waals surface area contributed by atoms with E-state index in [2.05, 4.69) is 191 Å². The number of aromatic nitrogens is 1. The van der Waals surface area contributed by atoms with Crippen LogP contribution in [0.15, 0.2) is 199 Å². The van der Waals surface area contributed by atoms with E-state index in [1.807, 2.05) is 12.1 Å². The second-order valence-electron chi connectivity index (χ2n) is 15.3. The molecule has 3 heteroatoms. The summed E-state index contributed by atoms with van der Waals surface area (Å²) in [6.07, 6.45) is 0. The van der Waals surface area contributed by atoms with Gasteiger partial charge >= 0.3 is 0 Å². The first-order valence-corrected chi connectivity index (χ1v) is 19.6. The van der Waals surface area contributed by atoms with Crippen LogP contribution in [-0.4, -0.2) is 4.40 Å². The van der Waals surface area contributed by atoms with Gasteiger partial charge in [-0.05, 0) is 104 Å². The van der Waals surface area contributed by atoms with E-state index in [0.29, 0.717) is 0 Å². The second kappa shape index (κ2) is 11.5. The SMILES string of the molecule is c1ccc2c(c1)oc1cc(N(c3ccc(-c4ccc5c6ccccc6c6ccccc6c5c4)cc3)c3ccc4c(c3)c3cccc5c6ccccc6n4c53)ccc12. The monoisotopic (exact) mass is 724 g/mol. The lowest BCUT2D eigenvalue weighted by molar-refractivity contribution is 0.669. The molecular weight excluding hydrogens is 693 g/mol. The summed E-state index contributed by atoms with van der Waals surface area (Å²) in [6, 6.07) is 70.8. The molecule has 0 fully saturated rings. The number of rotatable bonds is 4. The van der Waals surface area contributed by atoms with E-state index in [9.17, 15) is 0 Å². The summed E-state index contributed by atoms with van der Waals surface area (Å²) >= 11 is 0. The predicted molar refractivity (Wildman–Crippen MR) is 241 cm³/mol. The van der Waals surface area contributed by atoms with Gasteiger partial charge < -0.3 is 13.7 Å². The molecule has 13 rings (SSSR count). The van der Waals surface area contributed by atoms with Gasteiger partial charge in [-0.15, -0.1) is 0 Å². The lowest BCUT2D eigenvalue weighted by Crippen LogP contribution is -2.09. The molecule has 0 saturated heterocycles. The van der Waals surface area contributed by atoms with Gasteiger partial charge in [0.25, 0.3) is 0 Å². The standard InChI is InChI=1S/C54H32N2O/c1-2-12-40-38(10-1)39-11-3-4-13-41(39)48-30-34(22-27-42(40)48)33-20-23-35(24-21-33)55(37-25-28-45-44-15-6-8-19-52(44)57-53(45)32-37)36-26-29-51-49(31-36)47-17-9-16-46-43-14-5-7-18-50(43)56(51)54(46)47/h1-32H. The maximum absolute atomic E-state index is 6.44. The lowest BCUT2D eigenvalue weighted by Gasteiger charge is -2.26. The van der Waals surface area contributed by atoms with E-state index in [1.165, 1.54) is 81.5 Å². The van der Waals surface area contributed by atoms with Crippen molar-refractivity contribution < 1.29 is 4.42 Å². The van der Waals surface area contributed by atoms with Crippen molar-refractivity contribution in [2.75, 3.05) is 4.90 Å². The highest BCUT2D eigenvalue weighted by molar-refractivity contribution is 6.26. The molecule has 0 atom stereocenters. The molecule has 10 aromatic carbocycles. The van der Waals surface area contributed by atoms with Gasteiger partial charge in [0.2, 0.25) is 0 Å². The molecule has 0 aliphatic carbocycles. The smallest absolute Gasteiger partial charge is 0.137 e. The number of furan rings is 1. The van der Waals surface area contributed by atoms with Crippen LogP contribution in [0.25, 0.3) is 103 Å². The molecule has 0 bridgehead atoms. The minimum Gasteiger partial charge on any atom is -0.456 e. The molecule has 0 spiro atoms. The first-order valence-electron chi connectivity index (χ1n) is 19.6. The highest BCUT2D eigenvalue weighted by Crippen LogP contribution is 2.44. The van der Waals surface area contributed by atoms with Crippen molar-refractivity contribution in [1.82, 2.24) is 4.40 Å². The van der Waals surface area contributed by atoms with Crippen LogP contribution >= 0.6 is 0 Å². The van der Waals surface area contributed by atoms with Gasteiger partial charge in [0, 0.05) is 55.4 Å². The third kappa shape index (κ3) is 4.31. The van der Waals surface area contributed by atoms with E-state index < -0.39 is 0 Å². The molecule has 0 aliphatic rings. The number of benzene rings is 10. The van der Waals surface area contributed by atoms with E-state index in [0.717, 1.165) is 39.0 Å². The summed E-state index contributed by atoms with van der Waals surface area (Å²) in [4.78, 5) is 2.36. The number of hydrogen-bond donors (Lipinski definition) is 0. The average molecular weight is 725 g/mol. The van der Waals surface area contributed by atoms with Crippen molar-refractivity contribution in [2.24, 2.45) is 0 Å². The molecule has 3 aromatic heterocycles. The quantitative estimate of drug-likeness (QED) is 0.169. The molecule has 264 valence electrons. The van der Waals surface area contributed by atoms with Gasteiger partial charge in [0.05, 0.1) is 16.6 Å². The molecule has 0 unspecified atom stereocenters. The fraction of sp³-hybridized carbons (Fsp3) is 0. The summed E-state index contributed by atoms with van der Waals surface area (Å²) < 4.78 is 8.88. The molecule has 0 saturated carbocycles. The Labute approximate surface area is 327 Å². The molecule has 3 heterocycles. The highest BCUT2D eigenvalue weighted by atomic mass is 16.3. The molecule has 0 aliphatic heterocycles. The first-order chi connectivity index (χ1) is 28.3. The number of fused-ring (bicyclic) bond motifs is 15. The van der Waals surface area contributed by atoms with Gasteiger partial charge in [0.15, 0.2) is 0 Å². The molecule has 0 N–H and O–H groups in total. The number of hydrogen-bond acceptors (Lipinski definition) is 2. The van der Waals surface area contributed by atoms with Crippen molar-refractivity contribution in [3.63, 3.8) is 0 Å². The van der Waals surface area contributed by atoms with Crippen molar-refractivity contribution in [2.45, 2.75) is 0 Å². The molecule has 57 heavy (non-hydrogen) atoms. The minimum absolute atomic E-state index is 0.875. The van der Waals surface area contributed by atoms with Crippen LogP contribution in [0.1, 0.15) is 0 Å². The predicted octanol–water partition coefficient (Wildman–Crippen LogP) is 15.3. The third-order valence-corrected chi connectivity index (χ3v) is 12.3. The zero-order valence-electron chi connectivity index (χ0n) is 30.8. The Hall–Kier alpha value is -7.62. The number of nitrogens with zero attached hydrogens (tertiary/aromatic N) is 2. The van der Waals surface area contributed by atoms with Crippen LogP contribution in [0.3, 0.4) is 0 Å². The Morgan fingerprint density at radius 1 is 0.298 bits per heavy atom. The van der Waals surface area contributed by atoms with Crippen LogP contribution in [0.5, 0.6) is 0 Å². The maximum Gasteiger partial charge on any atom is 0.137 e. The van der Waals surface area contributed by atoms with Gasteiger partial charge in [0.1, 0.15) is 11.2 Å². The Morgan fingerprint density at radius 2 is 0.807 bits per heavy atom. The highest BCUT2D eigenvalue weighted by Gasteiger charge is 2.21. The van der Waals surface area contributed by atoms with Gasteiger partial charge in [-0.2, -0.15) is 0 Å². The molecule has 3 nitrogen and oxygen atoms in total. The van der Waals surface area contributed by atoms with E-state index in [4.69, 9.17) is 4.42 Å². The van der Waals surface area contributed by atoms with Crippen LogP contribution in [-0.2, 0) is 0 Å². The Bertz CT molecular complexity index is 3720. The zero-order valence-corrected chi connectivity index (χ0v) is 30.8. The van der Waals surface area contributed by atoms with Gasteiger partial charge in [-0.1, -0.05) is 127 Å². The minimum atomic E-state index is 0.875. The fourth-order valence-electron chi connectivity index (χ4n) is 9.75. The van der Waals surface area contributed by atoms with Crippen LogP contribution < -0.4 is 4.90 Å². The summed E-state index contributed by atoms with van der Waals surface area (Å²) in [7, 11) is 0. The van der Waals surface area contributed by atoms with E-state index >= 15 is 0 Å². The Morgan fingerprint density at radius 3 is 1.58 bits per heavy atom. The third-order valence-electron chi connectivity index (χ3n) is 12.3. The van der Waals surface area contributed by atoms with Crippen LogP contribution in [0.4, 0.5) is 17.1 Å². The summed E-state index contributed by atoms with van der Waals surface area (Å²) in [6.45, 7) is 0. The molecule has 0 amide bonds. The van der Waals surface area contributed by atoms with E-state index in [1.54, 1.807) is 0 Å². The largest absolute Gasteiger partial charge is 0.456 e. The molecular formula is C54H32N2O. The Kier molecular flexibility index (Phi) is 6.16. The maximum atomic E-state index is 6.44. The normalized spacial score (nSPS) is 12.2. The summed E-state index contributed by atoms with van der Waals surface area (Å²) in [5, 5.41) is 15.0. The molecule has 13 aromatic rings. The zero-order chi connectivity index (χ0) is 37.2. The van der Waals surface area contributed by atoms with Crippen LogP contribution in [0.2, 0.25) is 0 Å². The van der Waals surface area contributed by atoms with Crippen molar-refractivity contribution >= 4 is 109 Å². The summed E-state index contributed by atoms with van der Waals surface area (Å²) in [5.41, 5.74) is 11.1. The summed E-state index contributed by atoms with van der Waals surface area (Å²) in [5.74, 6) is 0. The number of para-hydroxylation sites is 3. The van der Waals surface area contributed by atoms with Gasteiger partial charge in [-0.3, -0.25) is 0 Å². The lowest BCUT2D eigenvalue weighted by atomic mass is 9.92. The van der Waals surface area contributed by atoms with Crippen LogP contribution in [0, 0.1) is 0 Å². The number of anilines is 3. The van der Waals surface area contributed by atoms with Gasteiger partial charge in [-0.25, -0.2) is 0 Å². The fourth-order valence-corrected chi connectivity index (χ4v) is 9.75. The van der Waals surface area contributed by atoms with Crippen molar-refractivity contribution in [3.05, 3.63) is 194 Å². The van der Waals surface area contributed by atoms with Crippen molar-refractivity contribution in [1.29, 1.82) is 0 Å². The second-order valence-corrected chi connectivity index (χ2v) is 15.3. The topological polar surface area (TPSA) is 20.8 Å². The molecule has 0 radical (unpaired) electrons.